The number of methoxy groups -OCH3 is 1. The number of aryl methyl sites for hydroxylation is 2. The van der Waals surface area contributed by atoms with Crippen LogP contribution in [0.15, 0.2) is 0 Å². The number of nitrogens with zero attached hydrogens (tertiary/aromatic N) is 2. The SMILES string of the molecule is COCCOCCNC(C)c1c(C)nn(C)c1C. The largest absolute Gasteiger partial charge is 0.382 e. The standard InChI is InChI=1S/C13H25N3O2/c1-10(14-6-7-18-9-8-17-5)13-11(2)15-16(4)12(13)3/h10,14H,6-9H2,1-5H3. The van der Waals surface area contributed by atoms with E-state index in [1.807, 2.05) is 11.7 Å². The fraction of sp³-hybridized carbons (Fsp3) is 0.769. The van der Waals surface area contributed by atoms with E-state index in [2.05, 4.69) is 31.2 Å². The molecule has 0 aliphatic carbocycles. The molecule has 1 unspecified atom stereocenters. The molecular weight excluding hydrogens is 230 g/mol. The van der Waals surface area contributed by atoms with Gasteiger partial charge in [-0.1, -0.05) is 0 Å². The molecule has 0 aromatic carbocycles. The average Bonchev–Trinajstić information content (AvgIpc) is 2.58. The number of aromatic nitrogens is 2. The highest BCUT2D eigenvalue weighted by Gasteiger charge is 2.15. The molecule has 5 nitrogen and oxygen atoms in total. The Bertz CT molecular complexity index is 363. The van der Waals surface area contributed by atoms with Gasteiger partial charge < -0.3 is 14.8 Å². The highest BCUT2D eigenvalue weighted by molar-refractivity contribution is 5.27. The average molecular weight is 255 g/mol. The lowest BCUT2D eigenvalue weighted by Gasteiger charge is -2.14. The van der Waals surface area contributed by atoms with Crippen molar-refractivity contribution in [2.24, 2.45) is 7.05 Å². The van der Waals surface area contributed by atoms with E-state index >= 15 is 0 Å². The first-order valence-electron chi connectivity index (χ1n) is 6.38. The summed E-state index contributed by atoms with van der Waals surface area (Å²) >= 11 is 0. The van der Waals surface area contributed by atoms with Crippen LogP contribution >= 0.6 is 0 Å². The van der Waals surface area contributed by atoms with Gasteiger partial charge in [-0.05, 0) is 20.8 Å². The van der Waals surface area contributed by atoms with Gasteiger partial charge in [0, 0.05) is 38.0 Å². The minimum absolute atomic E-state index is 0.296. The lowest BCUT2D eigenvalue weighted by atomic mass is 10.1. The molecule has 1 heterocycles. The minimum atomic E-state index is 0.296. The molecule has 1 aromatic heterocycles. The van der Waals surface area contributed by atoms with Gasteiger partial charge in [0.2, 0.25) is 0 Å². The summed E-state index contributed by atoms with van der Waals surface area (Å²) in [6.07, 6.45) is 0. The molecule has 104 valence electrons. The van der Waals surface area contributed by atoms with Crippen LogP contribution in [0.3, 0.4) is 0 Å². The van der Waals surface area contributed by atoms with Crippen LogP contribution in [0.25, 0.3) is 0 Å². The lowest BCUT2D eigenvalue weighted by Crippen LogP contribution is -2.24. The molecule has 18 heavy (non-hydrogen) atoms. The fourth-order valence-electron chi connectivity index (χ4n) is 2.11. The molecule has 1 rings (SSSR count). The van der Waals surface area contributed by atoms with Crippen LogP contribution in [0.1, 0.15) is 29.9 Å². The molecule has 1 atom stereocenters. The van der Waals surface area contributed by atoms with Gasteiger partial charge in [-0.2, -0.15) is 5.10 Å². The summed E-state index contributed by atoms with van der Waals surface area (Å²) in [6, 6.07) is 0.296. The summed E-state index contributed by atoms with van der Waals surface area (Å²) in [7, 11) is 3.66. The summed E-state index contributed by atoms with van der Waals surface area (Å²) in [5, 5.41) is 7.88. The summed E-state index contributed by atoms with van der Waals surface area (Å²) in [5.74, 6) is 0. The molecule has 1 aromatic rings. The Hall–Kier alpha value is -0.910. The number of hydrogen-bond donors (Lipinski definition) is 1. The molecule has 0 bridgehead atoms. The Labute approximate surface area is 109 Å². The molecular formula is C13H25N3O2. The zero-order valence-corrected chi connectivity index (χ0v) is 12.1. The summed E-state index contributed by atoms with van der Waals surface area (Å²) in [5.41, 5.74) is 3.59. The second-order valence-corrected chi connectivity index (χ2v) is 4.49. The second kappa shape index (κ2) is 7.51. The van der Waals surface area contributed by atoms with E-state index in [0.717, 1.165) is 12.2 Å². The van der Waals surface area contributed by atoms with Gasteiger partial charge in [0.15, 0.2) is 0 Å². The van der Waals surface area contributed by atoms with Crippen LogP contribution in [-0.4, -0.2) is 43.3 Å². The number of hydrogen-bond acceptors (Lipinski definition) is 4. The third kappa shape index (κ3) is 4.08. The van der Waals surface area contributed by atoms with Crippen LogP contribution < -0.4 is 5.32 Å². The number of rotatable bonds is 8. The minimum Gasteiger partial charge on any atom is -0.382 e. The molecule has 0 saturated heterocycles. The van der Waals surface area contributed by atoms with Crippen molar-refractivity contribution < 1.29 is 9.47 Å². The second-order valence-electron chi connectivity index (χ2n) is 4.49. The van der Waals surface area contributed by atoms with E-state index in [9.17, 15) is 0 Å². The summed E-state index contributed by atoms with van der Waals surface area (Å²) in [6.45, 7) is 9.14. The van der Waals surface area contributed by atoms with Crippen molar-refractivity contribution in [3.8, 4) is 0 Å². The highest BCUT2D eigenvalue weighted by atomic mass is 16.5. The molecule has 0 radical (unpaired) electrons. The first kappa shape index (κ1) is 15.1. The van der Waals surface area contributed by atoms with Crippen molar-refractivity contribution >= 4 is 0 Å². The molecule has 5 heteroatoms. The topological polar surface area (TPSA) is 48.3 Å². The van der Waals surface area contributed by atoms with Gasteiger partial charge in [0.05, 0.1) is 25.5 Å². The highest BCUT2D eigenvalue weighted by Crippen LogP contribution is 2.20. The molecule has 0 fully saturated rings. The molecule has 0 aliphatic heterocycles. The Balaban J connectivity index is 2.34. The van der Waals surface area contributed by atoms with Crippen LogP contribution in [0.4, 0.5) is 0 Å². The normalized spacial score (nSPS) is 12.9. The predicted octanol–water partition coefficient (Wildman–Crippen LogP) is 1.35. The quantitative estimate of drug-likeness (QED) is 0.712. The maximum absolute atomic E-state index is 5.42. The van der Waals surface area contributed by atoms with E-state index < -0.39 is 0 Å². The van der Waals surface area contributed by atoms with Gasteiger partial charge in [-0.25, -0.2) is 0 Å². The van der Waals surface area contributed by atoms with E-state index in [1.54, 1.807) is 7.11 Å². The first-order chi connectivity index (χ1) is 8.57. The summed E-state index contributed by atoms with van der Waals surface area (Å²) < 4.78 is 12.3. The Morgan fingerprint density at radius 3 is 2.56 bits per heavy atom. The van der Waals surface area contributed by atoms with Gasteiger partial charge in [0.1, 0.15) is 0 Å². The van der Waals surface area contributed by atoms with E-state index in [0.29, 0.717) is 25.9 Å². The van der Waals surface area contributed by atoms with E-state index in [-0.39, 0.29) is 0 Å². The zero-order valence-electron chi connectivity index (χ0n) is 12.1. The Kier molecular flexibility index (Phi) is 6.32. The fourth-order valence-corrected chi connectivity index (χ4v) is 2.11. The van der Waals surface area contributed by atoms with Crippen molar-refractivity contribution in [3.63, 3.8) is 0 Å². The molecule has 0 spiro atoms. The van der Waals surface area contributed by atoms with Crippen molar-refractivity contribution in [2.75, 3.05) is 33.5 Å². The lowest BCUT2D eigenvalue weighted by molar-refractivity contribution is 0.0712. The Morgan fingerprint density at radius 1 is 1.28 bits per heavy atom. The molecule has 0 saturated carbocycles. The van der Waals surface area contributed by atoms with Crippen molar-refractivity contribution in [3.05, 3.63) is 17.0 Å². The number of ether oxygens (including phenoxy) is 2. The third-order valence-electron chi connectivity index (χ3n) is 3.13. The third-order valence-corrected chi connectivity index (χ3v) is 3.13. The van der Waals surface area contributed by atoms with Gasteiger partial charge in [0.25, 0.3) is 0 Å². The molecule has 0 aliphatic rings. The van der Waals surface area contributed by atoms with Crippen molar-refractivity contribution in [1.29, 1.82) is 0 Å². The molecule has 0 amide bonds. The monoisotopic (exact) mass is 255 g/mol. The van der Waals surface area contributed by atoms with Crippen LogP contribution in [0.2, 0.25) is 0 Å². The van der Waals surface area contributed by atoms with Crippen LogP contribution in [0.5, 0.6) is 0 Å². The number of nitrogens with one attached hydrogen (secondary N) is 1. The van der Waals surface area contributed by atoms with Gasteiger partial charge in [-0.15, -0.1) is 0 Å². The predicted molar refractivity (Wildman–Crippen MR) is 71.8 cm³/mol. The van der Waals surface area contributed by atoms with Gasteiger partial charge >= 0.3 is 0 Å². The van der Waals surface area contributed by atoms with Crippen LogP contribution in [0, 0.1) is 13.8 Å². The first-order valence-corrected chi connectivity index (χ1v) is 6.38. The van der Waals surface area contributed by atoms with Crippen molar-refractivity contribution in [1.82, 2.24) is 15.1 Å². The van der Waals surface area contributed by atoms with E-state index in [1.165, 1.54) is 11.3 Å². The van der Waals surface area contributed by atoms with Gasteiger partial charge in [-0.3, -0.25) is 4.68 Å². The maximum atomic E-state index is 5.42. The Morgan fingerprint density at radius 2 is 2.00 bits per heavy atom. The smallest absolute Gasteiger partial charge is 0.0700 e. The van der Waals surface area contributed by atoms with Crippen molar-refractivity contribution in [2.45, 2.75) is 26.8 Å². The van der Waals surface area contributed by atoms with Crippen LogP contribution in [-0.2, 0) is 16.5 Å². The van der Waals surface area contributed by atoms with E-state index in [4.69, 9.17) is 9.47 Å². The maximum Gasteiger partial charge on any atom is 0.0700 e. The summed E-state index contributed by atoms with van der Waals surface area (Å²) in [4.78, 5) is 0. The molecule has 1 N–H and O–H groups in total. The zero-order chi connectivity index (χ0) is 13.5.